The molecule has 1 atom stereocenters. The molecule has 0 radical (unpaired) electrons. The maximum Gasteiger partial charge on any atom is 0.411 e. The van der Waals surface area contributed by atoms with Crippen LogP contribution in [-0.2, 0) is 22.4 Å². The molecule has 30 heavy (non-hydrogen) atoms. The predicted octanol–water partition coefficient (Wildman–Crippen LogP) is 2.45. The van der Waals surface area contributed by atoms with E-state index in [-0.39, 0.29) is 13.0 Å². The van der Waals surface area contributed by atoms with Gasteiger partial charge in [-0.05, 0) is 56.7 Å². The molecule has 1 aromatic heterocycles. The van der Waals surface area contributed by atoms with E-state index in [1.165, 1.54) is 5.56 Å². The second-order valence-corrected chi connectivity index (χ2v) is 7.54. The van der Waals surface area contributed by atoms with E-state index in [0.717, 1.165) is 50.2 Å². The first-order chi connectivity index (χ1) is 14.2. The highest BCUT2D eigenvalue weighted by Gasteiger charge is 2.27. The number of aromatic nitrogens is 1. The minimum absolute atomic E-state index is 0.0696. The molecule has 0 aromatic carbocycles. The van der Waals surface area contributed by atoms with Gasteiger partial charge in [0.25, 0.3) is 0 Å². The zero-order valence-corrected chi connectivity index (χ0v) is 17.1. The number of rotatable bonds is 13. The summed E-state index contributed by atoms with van der Waals surface area (Å²) in [5, 5.41) is 12.2. The smallest absolute Gasteiger partial charge is 0.411 e. The number of carbonyl (C=O) groups is 1. The van der Waals surface area contributed by atoms with Crippen LogP contribution in [0.3, 0.4) is 0 Å². The van der Waals surface area contributed by atoms with E-state index in [9.17, 15) is 18.0 Å². The second-order valence-electron chi connectivity index (χ2n) is 7.54. The normalized spacial score (nSPS) is 15.0. The van der Waals surface area contributed by atoms with Crippen molar-refractivity contribution in [2.24, 2.45) is 5.73 Å². The summed E-state index contributed by atoms with van der Waals surface area (Å²) in [6, 6.07) is 3.16. The van der Waals surface area contributed by atoms with E-state index < -0.39 is 24.8 Å². The van der Waals surface area contributed by atoms with E-state index in [2.05, 4.69) is 21.1 Å². The van der Waals surface area contributed by atoms with Gasteiger partial charge in [0.1, 0.15) is 18.5 Å². The molecular formula is C20H31F3N4O3. The van der Waals surface area contributed by atoms with Gasteiger partial charge in [-0.25, -0.2) is 4.98 Å². The molecule has 1 aromatic rings. The van der Waals surface area contributed by atoms with Gasteiger partial charge in [-0.15, -0.1) is 0 Å². The molecule has 2 rings (SSSR count). The van der Waals surface area contributed by atoms with Crippen LogP contribution in [0.4, 0.5) is 19.0 Å². The van der Waals surface area contributed by atoms with Gasteiger partial charge in [0.05, 0.1) is 6.61 Å². The van der Waals surface area contributed by atoms with E-state index in [1.807, 2.05) is 11.0 Å². The lowest BCUT2D eigenvalue weighted by atomic mass is 10.1. The average Bonchev–Trinajstić information content (AvgIpc) is 2.70. The van der Waals surface area contributed by atoms with Gasteiger partial charge in [-0.2, -0.15) is 13.2 Å². The third kappa shape index (κ3) is 9.27. The number of nitrogens with one attached hydrogen (secondary N) is 1. The van der Waals surface area contributed by atoms with Crippen molar-refractivity contribution in [2.75, 3.05) is 44.7 Å². The Morgan fingerprint density at radius 1 is 1.30 bits per heavy atom. The summed E-state index contributed by atoms with van der Waals surface area (Å²) in [5.41, 5.74) is 7.79. The van der Waals surface area contributed by atoms with Crippen molar-refractivity contribution in [3.63, 3.8) is 0 Å². The molecule has 0 fully saturated rings. The van der Waals surface area contributed by atoms with Crippen LogP contribution in [0.1, 0.15) is 36.9 Å². The van der Waals surface area contributed by atoms with Gasteiger partial charge < -0.3 is 25.8 Å². The summed E-state index contributed by atoms with van der Waals surface area (Å²) in [5.74, 6) is -0.125. The second kappa shape index (κ2) is 12.1. The molecular weight excluding hydrogens is 401 g/mol. The lowest BCUT2D eigenvalue weighted by Crippen LogP contribution is -2.37. The van der Waals surface area contributed by atoms with Crippen molar-refractivity contribution in [1.82, 2.24) is 9.88 Å². The van der Waals surface area contributed by atoms with Crippen LogP contribution in [0.15, 0.2) is 12.1 Å². The third-order valence-corrected chi connectivity index (χ3v) is 5.00. The van der Waals surface area contributed by atoms with Crippen LogP contribution in [0.25, 0.3) is 0 Å². The van der Waals surface area contributed by atoms with Gasteiger partial charge >= 0.3 is 12.1 Å². The van der Waals surface area contributed by atoms with E-state index in [1.54, 1.807) is 0 Å². The molecule has 170 valence electrons. The molecule has 1 unspecified atom stereocenters. The first kappa shape index (κ1) is 24.4. The first-order valence-electron chi connectivity index (χ1n) is 10.3. The highest BCUT2D eigenvalue weighted by atomic mass is 19.4. The van der Waals surface area contributed by atoms with Crippen molar-refractivity contribution in [1.29, 1.82) is 0 Å². The summed E-state index contributed by atoms with van der Waals surface area (Å²) < 4.78 is 41.3. The summed E-state index contributed by atoms with van der Waals surface area (Å²) in [6.07, 6.45) is 0.522. The molecule has 1 aliphatic rings. The molecule has 4 N–H and O–H groups in total. The Hall–Kier alpha value is -1.91. The van der Waals surface area contributed by atoms with Crippen molar-refractivity contribution < 1.29 is 27.8 Å². The van der Waals surface area contributed by atoms with Gasteiger partial charge in [-0.1, -0.05) is 6.07 Å². The number of nitrogens with zero attached hydrogens (tertiary/aromatic N) is 2. The van der Waals surface area contributed by atoms with E-state index in [0.29, 0.717) is 19.6 Å². The number of anilines is 1. The fraction of sp³-hybridized carbons (Fsp3) is 0.700. The van der Waals surface area contributed by atoms with Crippen LogP contribution < -0.4 is 11.1 Å². The number of unbranched alkanes of at least 4 members (excludes halogenated alkanes) is 1. The zero-order chi connectivity index (χ0) is 22.0. The minimum Gasteiger partial charge on any atom is -0.480 e. The highest BCUT2D eigenvalue weighted by molar-refractivity contribution is 5.72. The van der Waals surface area contributed by atoms with Gasteiger partial charge in [0, 0.05) is 25.3 Å². The molecule has 0 spiro atoms. The van der Waals surface area contributed by atoms with Crippen molar-refractivity contribution in [3.8, 4) is 0 Å². The molecule has 0 bridgehead atoms. The molecule has 7 nitrogen and oxygen atoms in total. The number of aryl methyl sites for hydroxylation is 2. The number of halogens is 3. The minimum atomic E-state index is -4.35. The maximum absolute atomic E-state index is 12.2. The summed E-state index contributed by atoms with van der Waals surface area (Å²) >= 11 is 0. The number of pyridine rings is 1. The van der Waals surface area contributed by atoms with Crippen LogP contribution in [0.2, 0.25) is 0 Å². The molecule has 0 amide bonds. The van der Waals surface area contributed by atoms with Gasteiger partial charge in [0.15, 0.2) is 0 Å². The van der Waals surface area contributed by atoms with Gasteiger partial charge in [-0.3, -0.25) is 4.79 Å². The van der Waals surface area contributed by atoms with Crippen molar-refractivity contribution in [3.05, 3.63) is 23.4 Å². The number of fused-ring (bicyclic) bond motifs is 1. The van der Waals surface area contributed by atoms with Gasteiger partial charge in [0.2, 0.25) is 0 Å². The topological polar surface area (TPSA) is 101 Å². The van der Waals surface area contributed by atoms with E-state index >= 15 is 0 Å². The molecule has 0 aliphatic carbocycles. The summed E-state index contributed by atoms with van der Waals surface area (Å²) in [4.78, 5) is 17.5. The number of carboxylic acid groups (broad SMARTS) is 1. The fourth-order valence-corrected chi connectivity index (χ4v) is 3.31. The molecule has 0 saturated carbocycles. The Morgan fingerprint density at radius 3 is 2.83 bits per heavy atom. The monoisotopic (exact) mass is 432 g/mol. The van der Waals surface area contributed by atoms with Crippen LogP contribution >= 0.6 is 0 Å². The lowest BCUT2D eigenvalue weighted by Gasteiger charge is -2.23. The Labute approximate surface area is 174 Å². The Balaban J connectivity index is 1.75. The number of carboxylic acids is 1. The maximum atomic E-state index is 12.2. The number of alkyl halides is 3. The Kier molecular flexibility index (Phi) is 9.80. The van der Waals surface area contributed by atoms with Crippen molar-refractivity contribution >= 4 is 11.8 Å². The third-order valence-electron chi connectivity index (χ3n) is 5.00. The molecule has 2 heterocycles. The number of hydrogen-bond acceptors (Lipinski definition) is 6. The highest BCUT2D eigenvalue weighted by Crippen LogP contribution is 2.20. The predicted molar refractivity (Wildman–Crippen MR) is 108 cm³/mol. The number of hydrogen-bond donors (Lipinski definition) is 3. The fourth-order valence-electron chi connectivity index (χ4n) is 3.31. The SMILES string of the molecule is NC(CCN(CCCCc1ccc2c(n1)NCCC2)CCOCC(F)(F)F)C(=O)O. The molecule has 0 saturated heterocycles. The van der Waals surface area contributed by atoms with Crippen LogP contribution in [0, 0.1) is 0 Å². The van der Waals surface area contributed by atoms with Crippen LogP contribution in [0.5, 0.6) is 0 Å². The Morgan fingerprint density at radius 2 is 2.10 bits per heavy atom. The quantitative estimate of drug-likeness (QED) is 0.412. The van der Waals surface area contributed by atoms with Crippen LogP contribution in [-0.4, -0.2) is 72.6 Å². The lowest BCUT2D eigenvalue weighted by molar-refractivity contribution is -0.174. The summed E-state index contributed by atoms with van der Waals surface area (Å²) in [6.45, 7) is 0.902. The Bertz CT molecular complexity index is 673. The number of ether oxygens (including phenoxy) is 1. The molecule has 1 aliphatic heterocycles. The average molecular weight is 432 g/mol. The number of aliphatic carboxylic acids is 1. The zero-order valence-electron chi connectivity index (χ0n) is 17.1. The molecule has 10 heteroatoms. The summed E-state index contributed by atoms with van der Waals surface area (Å²) in [7, 11) is 0. The van der Waals surface area contributed by atoms with E-state index in [4.69, 9.17) is 10.8 Å². The largest absolute Gasteiger partial charge is 0.480 e. The standard InChI is InChI=1S/C20H31F3N4O3/c21-20(22,23)14-30-13-12-27(11-8-17(24)19(28)29)10-2-1-5-16-7-6-15-4-3-9-25-18(15)26-16/h6-7,17H,1-5,8-14,24H2,(H,25,26)(H,28,29). The number of nitrogens with two attached hydrogens (primary N) is 1. The van der Waals surface area contributed by atoms with Crippen molar-refractivity contribution in [2.45, 2.75) is 50.7 Å². The first-order valence-corrected chi connectivity index (χ1v) is 10.3.